The van der Waals surface area contributed by atoms with E-state index >= 15 is 0 Å². The number of sulfonamides is 1. The topological polar surface area (TPSA) is 104 Å². The molecule has 0 atom stereocenters. The maximum Gasteiger partial charge on any atom is 0.251 e. The Balaban J connectivity index is 1.35. The van der Waals surface area contributed by atoms with E-state index in [1.165, 1.54) is 16.1 Å². The van der Waals surface area contributed by atoms with Crippen LogP contribution in [-0.2, 0) is 23.0 Å². The Hall–Kier alpha value is -4.08. The minimum absolute atomic E-state index is 0.173. The molecule has 4 rings (SSSR count). The van der Waals surface area contributed by atoms with Crippen LogP contribution in [0.1, 0.15) is 27.9 Å². The number of nitrogens with zero attached hydrogens (tertiary/aromatic N) is 3. The second kappa shape index (κ2) is 13.6. The minimum Gasteiger partial charge on any atom is -0.354 e. The largest absolute Gasteiger partial charge is 0.354 e. The Bertz CT molecular complexity index is 1460. The van der Waals surface area contributed by atoms with Gasteiger partial charge < -0.3 is 10.6 Å². The minimum atomic E-state index is -3.45. The van der Waals surface area contributed by atoms with E-state index in [2.05, 4.69) is 32.7 Å². The quantitative estimate of drug-likeness (QED) is 0.243. The van der Waals surface area contributed by atoms with Gasteiger partial charge in [0.1, 0.15) is 0 Å². The third kappa shape index (κ3) is 8.73. The van der Waals surface area contributed by atoms with Gasteiger partial charge in [-0.3, -0.25) is 4.79 Å². The molecule has 1 aromatic heterocycles. The fourth-order valence-electron chi connectivity index (χ4n) is 4.11. The summed E-state index contributed by atoms with van der Waals surface area (Å²) < 4.78 is 26.4. The van der Waals surface area contributed by atoms with Crippen LogP contribution in [0.4, 0.5) is 5.95 Å². The van der Waals surface area contributed by atoms with Crippen molar-refractivity contribution in [3.63, 3.8) is 0 Å². The predicted molar refractivity (Wildman–Crippen MR) is 155 cm³/mol. The molecule has 4 aromatic rings. The first-order valence-electron chi connectivity index (χ1n) is 12.9. The molecule has 0 aliphatic heterocycles. The van der Waals surface area contributed by atoms with Gasteiger partial charge in [-0.1, -0.05) is 66.7 Å². The first kappa shape index (κ1) is 27.9. The number of aromatic nitrogens is 2. The van der Waals surface area contributed by atoms with Gasteiger partial charge >= 0.3 is 0 Å². The third-order valence-corrected chi connectivity index (χ3v) is 7.40. The molecule has 0 spiro atoms. The summed E-state index contributed by atoms with van der Waals surface area (Å²) in [6.45, 7) is 1.61. The lowest BCUT2D eigenvalue weighted by Gasteiger charge is -2.20. The van der Waals surface area contributed by atoms with E-state index in [4.69, 9.17) is 0 Å². The average molecular weight is 544 g/mol. The highest BCUT2D eigenvalue weighted by Crippen LogP contribution is 2.21. The monoisotopic (exact) mass is 543 g/mol. The lowest BCUT2D eigenvalue weighted by molar-refractivity contribution is 0.0952. The van der Waals surface area contributed by atoms with Crippen molar-refractivity contribution in [3.05, 3.63) is 114 Å². The van der Waals surface area contributed by atoms with E-state index < -0.39 is 10.0 Å². The predicted octanol–water partition coefficient (Wildman–Crippen LogP) is 4.38. The summed E-state index contributed by atoms with van der Waals surface area (Å²) in [5.41, 5.74) is 4.30. The van der Waals surface area contributed by atoms with Gasteiger partial charge in [0.25, 0.3) is 5.91 Å². The van der Waals surface area contributed by atoms with Crippen LogP contribution in [0.3, 0.4) is 0 Å². The molecule has 9 heteroatoms. The highest BCUT2D eigenvalue weighted by molar-refractivity contribution is 7.88. The molecule has 202 valence electrons. The summed E-state index contributed by atoms with van der Waals surface area (Å²) >= 11 is 0. The highest BCUT2D eigenvalue weighted by Gasteiger charge is 2.17. The number of benzene rings is 3. The molecule has 39 heavy (non-hydrogen) atoms. The lowest BCUT2D eigenvalue weighted by atomic mass is 10.1. The number of hydrogen-bond acceptors (Lipinski definition) is 6. The zero-order chi connectivity index (χ0) is 27.5. The zero-order valence-corrected chi connectivity index (χ0v) is 22.8. The van der Waals surface area contributed by atoms with Crippen LogP contribution in [0.2, 0.25) is 0 Å². The Morgan fingerprint density at radius 1 is 0.872 bits per heavy atom. The number of nitrogens with one attached hydrogen (secondary N) is 2. The van der Waals surface area contributed by atoms with Crippen molar-refractivity contribution >= 4 is 21.9 Å². The normalized spacial score (nSPS) is 11.3. The van der Waals surface area contributed by atoms with Crippen molar-refractivity contribution in [2.75, 3.05) is 31.2 Å². The smallest absolute Gasteiger partial charge is 0.251 e. The Morgan fingerprint density at radius 3 is 2.33 bits per heavy atom. The molecule has 8 nitrogen and oxygen atoms in total. The molecule has 0 fully saturated rings. The van der Waals surface area contributed by atoms with Crippen molar-refractivity contribution in [2.24, 2.45) is 0 Å². The molecule has 0 aliphatic carbocycles. The van der Waals surface area contributed by atoms with E-state index in [1.54, 1.807) is 30.5 Å². The van der Waals surface area contributed by atoms with Crippen LogP contribution in [0, 0.1) is 0 Å². The molecule has 0 unspecified atom stereocenters. The van der Waals surface area contributed by atoms with Crippen molar-refractivity contribution in [1.29, 1.82) is 0 Å². The van der Waals surface area contributed by atoms with E-state index in [9.17, 15) is 13.2 Å². The van der Waals surface area contributed by atoms with Gasteiger partial charge in [-0.15, -0.1) is 0 Å². The number of rotatable bonds is 13. The molecule has 2 N–H and O–H groups in total. The Kier molecular flexibility index (Phi) is 9.77. The van der Waals surface area contributed by atoms with Crippen molar-refractivity contribution < 1.29 is 13.2 Å². The maximum absolute atomic E-state index is 12.5. The maximum atomic E-state index is 12.5. The fraction of sp³-hybridized carbons (Fsp3) is 0.233. The average Bonchev–Trinajstić information content (AvgIpc) is 2.95. The molecule has 1 amide bonds. The zero-order valence-electron chi connectivity index (χ0n) is 22.0. The number of amides is 1. The van der Waals surface area contributed by atoms with E-state index in [0.29, 0.717) is 37.6 Å². The van der Waals surface area contributed by atoms with Gasteiger partial charge in [-0.25, -0.2) is 18.4 Å². The molecule has 0 aliphatic rings. The SMILES string of the molecule is CS(=O)(=O)N(CCCNC(=O)c1ccccc1)Cc1cccc(-c2ccnc(NCCc3ccccc3)n2)c1. The van der Waals surface area contributed by atoms with Crippen LogP contribution >= 0.6 is 0 Å². The first-order valence-corrected chi connectivity index (χ1v) is 14.7. The number of hydrogen-bond donors (Lipinski definition) is 2. The fourth-order valence-corrected chi connectivity index (χ4v) is 4.96. The highest BCUT2D eigenvalue weighted by atomic mass is 32.2. The van der Waals surface area contributed by atoms with E-state index in [0.717, 1.165) is 23.2 Å². The Labute approximate surface area is 230 Å². The molecular weight excluding hydrogens is 510 g/mol. The van der Waals surface area contributed by atoms with Crippen LogP contribution in [0.25, 0.3) is 11.3 Å². The summed E-state index contributed by atoms with van der Waals surface area (Å²) in [6, 6.07) is 28.7. The number of anilines is 1. The van der Waals surface area contributed by atoms with E-state index in [-0.39, 0.29) is 12.5 Å². The molecule has 0 saturated carbocycles. The van der Waals surface area contributed by atoms with Gasteiger partial charge in [0.05, 0.1) is 11.9 Å². The lowest BCUT2D eigenvalue weighted by Crippen LogP contribution is -2.33. The number of carbonyl (C=O) groups is 1. The van der Waals surface area contributed by atoms with Crippen LogP contribution in [-0.4, -0.2) is 54.5 Å². The summed E-state index contributed by atoms with van der Waals surface area (Å²) in [4.78, 5) is 21.2. The summed E-state index contributed by atoms with van der Waals surface area (Å²) in [5.74, 6) is 0.372. The second-order valence-corrected chi connectivity index (χ2v) is 11.2. The number of carbonyl (C=O) groups excluding carboxylic acids is 1. The molecule has 0 radical (unpaired) electrons. The van der Waals surface area contributed by atoms with Gasteiger partial charge in [0, 0.05) is 43.5 Å². The van der Waals surface area contributed by atoms with Crippen LogP contribution in [0.15, 0.2) is 97.2 Å². The van der Waals surface area contributed by atoms with Crippen LogP contribution < -0.4 is 10.6 Å². The molecular formula is C30H33N5O3S. The third-order valence-electron chi connectivity index (χ3n) is 6.15. The Morgan fingerprint density at radius 2 is 1.59 bits per heavy atom. The molecule has 1 heterocycles. The molecule has 0 saturated heterocycles. The molecule has 0 bridgehead atoms. The van der Waals surface area contributed by atoms with Gasteiger partial charge in [-0.05, 0) is 48.2 Å². The first-order chi connectivity index (χ1) is 18.9. The molecule has 3 aromatic carbocycles. The van der Waals surface area contributed by atoms with Crippen molar-refractivity contribution in [3.8, 4) is 11.3 Å². The second-order valence-electron chi connectivity index (χ2n) is 9.20. The van der Waals surface area contributed by atoms with Crippen LogP contribution in [0.5, 0.6) is 0 Å². The summed E-state index contributed by atoms with van der Waals surface area (Å²) in [6.07, 6.45) is 4.28. The summed E-state index contributed by atoms with van der Waals surface area (Å²) in [7, 11) is -3.45. The standard InChI is InChI=1S/C30H33N5O3S/c1-39(37,38)35(21-9-18-31-29(36)26-13-6-3-7-14-26)23-25-12-8-15-27(22-25)28-17-20-33-30(34-28)32-19-16-24-10-4-2-5-11-24/h2-8,10-15,17,20,22H,9,16,18-19,21,23H2,1H3,(H,31,36)(H,32,33,34). The van der Waals surface area contributed by atoms with Crippen molar-refractivity contribution in [1.82, 2.24) is 19.6 Å². The van der Waals surface area contributed by atoms with Gasteiger partial charge in [-0.2, -0.15) is 4.31 Å². The van der Waals surface area contributed by atoms with E-state index in [1.807, 2.05) is 54.6 Å². The van der Waals surface area contributed by atoms with Crippen molar-refractivity contribution in [2.45, 2.75) is 19.4 Å². The summed E-state index contributed by atoms with van der Waals surface area (Å²) in [5, 5.41) is 6.13. The van der Waals surface area contributed by atoms with Gasteiger partial charge in [0.15, 0.2) is 0 Å². The van der Waals surface area contributed by atoms with Gasteiger partial charge in [0.2, 0.25) is 16.0 Å².